The topological polar surface area (TPSA) is 67.4 Å². The summed E-state index contributed by atoms with van der Waals surface area (Å²) in [6.07, 6.45) is 0.741. The second kappa shape index (κ2) is 9.15. The number of hydrazine groups is 1. The summed E-state index contributed by atoms with van der Waals surface area (Å²) < 4.78 is 5.48. The summed E-state index contributed by atoms with van der Waals surface area (Å²) in [6, 6.07) is 13.9. The van der Waals surface area contributed by atoms with Crippen LogP contribution in [0.1, 0.15) is 23.2 Å². The minimum Gasteiger partial charge on any atom is -0.494 e. The van der Waals surface area contributed by atoms with Gasteiger partial charge in [-0.3, -0.25) is 20.4 Å². The standard InChI is InChI=1S/C17H16Cl2N2O3/c18-12-8-9-15(19)14(11-12)17(23)21-20-16(22)7-4-10-24-13-5-2-1-3-6-13/h1-3,5-6,8-9,11H,4,7,10H2,(H,20,22)(H,21,23). The van der Waals surface area contributed by atoms with Crippen LogP contribution in [0.15, 0.2) is 48.5 Å². The first-order valence-corrected chi connectivity index (χ1v) is 8.04. The van der Waals surface area contributed by atoms with Gasteiger partial charge >= 0.3 is 0 Å². The largest absolute Gasteiger partial charge is 0.494 e. The number of carbonyl (C=O) groups is 2. The lowest BCUT2D eigenvalue weighted by Gasteiger charge is -2.09. The van der Waals surface area contributed by atoms with Crippen LogP contribution in [0.25, 0.3) is 0 Å². The summed E-state index contributed by atoms with van der Waals surface area (Å²) in [7, 11) is 0. The van der Waals surface area contributed by atoms with Gasteiger partial charge in [0.05, 0.1) is 17.2 Å². The van der Waals surface area contributed by atoms with Gasteiger partial charge in [-0.05, 0) is 36.8 Å². The van der Waals surface area contributed by atoms with Crippen LogP contribution < -0.4 is 15.6 Å². The fourth-order valence-corrected chi connectivity index (χ4v) is 2.24. The number of hydrogen-bond acceptors (Lipinski definition) is 3. The molecule has 126 valence electrons. The van der Waals surface area contributed by atoms with E-state index in [1.807, 2.05) is 30.3 Å². The summed E-state index contributed by atoms with van der Waals surface area (Å²) in [5.74, 6) is -0.101. The highest BCUT2D eigenvalue weighted by atomic mass is 35.5. The Balaban J connectivity index is 1.69. The Bertz CT molecular complexity index is 708. The van der Waals surface area contributed by atoms with Crippen molar-refractivity contribution in [1.29, 1.82) is 0 Å². The van der Waals surface area contributed by atoms with Crippen molar-refractivity contribution in [2.45, 2.75) is 12.8 Å². The molecule has 0 aliphatic carbocycles. The Kier molecular flexibility index (Phi) is 6.90. The maximum Gasteiger partial charge on any atom is 0.271 e. The summed E-state index contributed by atoms with van der Waals surface area (Å²) >= 11 is 11.7. The van der Waals surface area contributed by atoms with E-state index >= 15 is 0 Å². The summed E-state index contributed by atoms with van der Waals surface area (Å²) in [4.78, 5) is 23.6. The number of halogens is 2. The highest BCUT2D eigenvalue weighted by Crippen LogP contribution is 2.20. The van der Waals surface area contributed by atoms with Crippen molar-refractivity contribution in [3.8, 4) is 5.75 Å². The Morgan fingerprint density at radius 1 is 1.00 bits per heavy atom. The average molecular weight is 367 g/mol. The number of nitrogens with one attached hydrogen (secondary N) is 2. The zero-order valence-electron chi connectivity index (χ0n) is 12.7. The van der Waals surface area contributed by atoms with E-state index in [2.05, 4.69) is 10.9 Å². The Morgan fingerprint density at radius 3 is 2.50 bits per heavy atom. The van der Waals surface area contributed by atoms with Crippen LogP contribution in [-0.4, -0.2) is 18.4 Å². The second-order valence-electron chi connectivity index (χ2n) is 4.89. The Morgan fingerprint density at radius 2 is 1.75 bits per heavy atom. The molecule has 2 N–H and O–H groups in total. The molecule has 2 aromatic rings. The van der Waals surface area contributed by atoms with Crippen molar-refractivity contribution in [3.05, 3.63) is 64.1 Å². The molecule has 5 nitrogen and oxygen atoms in total. The fraction of sp³-hybridized carbons (Fsp3) is 0.176. The zero-order chi connectivity index (χ0) is 17.4. The van der Waals surface area contributed by atoms with E-state index in [1.54, 1.807) is 6.07 Å². The molecule has 0 radical (unpaired) electrons. The number of benzene rings is 2. The molecule has 2 amide bonds. The lowest BCUT2D eigenvalue weighted by molar-refractivity contribution is -0.122. The van der Waals surface area contributed by atoms with E-state index in [9.17, 15) is 9.59 Å². The lowest BCUT2D eigenvalue weighted by atomic mass is 10.2. The van der Waals surface area contributed by atoms with Crippen LogP contribution in [-0.2, 0) is 4.79 Å². The lowest BCUT2D eigenvalue weighted by Crippen LogP contribution is -2.41. The number of hydrogen-bond donors (Lipinski definition) is 2. The first-order chi connectivity index (χ1) is 11.6. The molecule has 0 atom stereocenters. The van der Waals surface area contributed by atoms with Crippen LogP contribution >= 0.6 is 23.2 Å². The van der Waals surface area contributed by atoms with Gasteiger partial charge in [-0.15, -0.1) is 0 Å². The van der Waals surface area contributed by atoms with E-state index in [4.69, 9.17) is 27.9 Å². The molecule has 24 heavy (non-hydrogen) atoms. The molecule has 0 saturated carbocycles. The van der Waals surface area contributed by atoms with Crippen LogP contribution in [0.3, 0.4) is 0 Å². The molecule has 0 unspecified atom stereocenters. The predicted octanol–water partition coefficient (Wildman–Crippen LogP) is 3.61. The summed E-state index contributed by atoms with van der Waals surface area (Å²) in [5, 5.41) is 0.636. The van der Waals surface area contributed by atoms with Crippen LogP contribution in [0, 0.1) is 0 Å². The molecule has 2 aromatic carbocycles. The molecule has 0 fully saturated rings. The first-order valence-electron chi connectivity index (χ1n) is 7.28. The number of rotatable bonds is 6. The first kappa shape index (κ1) is 18.1. The van der Waals surface area contributed by atoms with Gasteiger partial charge in [0.1, 0.15) is 5.75 Å². The van der Waals surface area contributed by atoms with E-state index in [1.165, 1.54) is 12.1 Å². The van der Waals surface area contributed by atoms with Gasteiger partial charge in [0.15, 0.2) is 0 Å². The van der Waals surface area contributed by atoms with Gasteiger partial charge < -0.3 is 4.74 Å². The molecular weight excluding hydrogens is 351 g/mol. The van der Waals surface area contributed by atoms with Crippen molar-refractivity contribution >= 4 is 35.0 Å². The van der Waals surface area contributed by atoms with Crippen LogP contribution in [0.2, 0.25) is 10.0 Å². The quantitative estimate of drug-likeness (QED) is 0.606. The Labute approximate surface area is 149 Å². The van der Waals surface area contributed by atoms with Crippen molar-refractivity contribution in [3.63, 3.8) is 0 Å². The minimum atomic E-state index is -0.531. The van der Waals surface area contributed by atoms with E-state index in [0.29, 0.717) is 18.1 Å². The summed E-state index contributed by atoms with van der Waals surface area (Å²) in [6.45, 7) is 0.408. The smallest absolute Gasteiger partial charge is 0.271 e. The molecule has 2 rings (SSSR count). The van der Waals surface area contributed by atoms with E-state index in [-0.39, 0.29) is 22.9 Å². The van der Waals surface area contributed by atoms with Gasteiger partial charge in [0, 0.05) is 11.4 Å². The van der Waals surface area contributed by atoms with Gasteiger partial charge in [-0.1, -0.05) is 41.4 Å². The third kappa shape index (κ3) is 5.76. The van der Waals surface area contributed by atoms with E-state index < -0.39 is 5.91 Å². The third-order valence-electron chi connectivity index (χ3n) is 3.05. The highest BCUT2D eigenvalue weighted by molar-refractivity contribution is 6.35. The van der Waals surface area contributed by atoms with Gasteiger partial charge in [-0.2, -0.15) is 0 Å². The second-order valence-corrected chi connectivity index (χ2v) is 5.74. The van der Waals surface area contributed by atoms with Crippen molar-refractivity contribution in [1.82, 2.24) is 10.9 Å². The van der Waals surface area contributed by atoms with Gasteiger partial charge in [0.25, 0.3) is 5.91 Å². The molecule has 0 spiro atoms. The molecule has 0 aliphatic heterocycles. The monoisotopic (exact) mass is 366 g/mol. The number of para-hydroxylation sites is 1. The summed E-state index contributed by atoms with van der Waals surface area (Å²) in [5.41, 5.74) is 4.83. The fourth-order valence-electron chi connectivity index (χ4n) is 1.87. The number of amides is 2. The molecule has 0 aliphatic rings. The third-order valence-corrected chi connectivity index (χ3v) is 3.61. The molecule has 0 aromatic heterocycles. The normalized spacial score (nSPS) is 10.1. The highest BCUT2D eigenvalue weighted by Gasteiger charge is 2.11. The SMILES string of the molecule is O=C(CCCOc1ccccc1)NNC(=O)c1cc(Cl)ccc1Cl. The maximum atomic E-state index is 11.9. The van der Waals surface area contributed by atoms with Crippen LogP contribution in [0.4, 0.5) is 0 Å². The van der Waals surface area contributed by atoms with Crippen molar-refractivity contribution < 1.29 is 14.3 Å². The molecule has 0 heterocycles. The molecule has 7 heteroatoms. The van der Waals surface area contributed by atoms with E-state index in [0.717, 1.165) is 5.75 Å². The van der Waals surface area contributed by atoms with Gasteiger partial charge in [0.2, 0.25) is 5.91 Å². The number of ether oxygens (including phenoxy) is 1. The molecular formula is C17H16Cl2N2O3. The predicted molar refractivity (Wildman–Crippen MR) is 93.2 cm³/mol. The zero-order valence-corrected chi connectivity index (χ0v) is 14.2. The average Bonchev–Trinajstić information content (AvgIpc) is 2.59. The molecule has 0 bridgehead atoms. The van der Waals surface area contributed by atoms with Crippen molar-refractivity contribution in [2.24, 2.45) is 0 Å². The maximum absolute atomic E-state index is 11.9. The number of carbonyl (C=O) groups excluding carboxylic acids is 2. The van der Waals surface area contributed by atoms with Gasteiger partial charge in [-0.25, -0.2) is 0 Å². The van der Waals surface area contributed by atoms with Crippen molar-refractivity contribution in [2.75, 3.05) is 6.61 Å². The Hall–Kier alpha value is -2.24. The minimum absolute atomic E-state index is 0.192. The van der Waals surface area contributed by atoms with Crippen LogP contribution in [0.5, 0.6) is 5.75 Å². The molecule has 0 saturated heterocycles.